The summed E-state index contributed by atoms with van der Waals surface area (Å²) >= 11 is 35.8. The Morgan fingerprint density at radius 3 is 1.87 bits per heavy atom. The molecule has 0 bridgehead atoms. The molecule has 2 heterocycles. The van der Waals surface area contributed by atoms with Gasteiger partial charge in [-0.15, -0.1) is 0 Å². The summed E-state index contributed by atoms with van der Waals surface area (Å²) in [5, 5.41) is 9.42. The van der Waals surface area contributed by atoms with Crippen molar-refractivity contribution in [1.29, 1.82) is 0 Å². The third-order valence-corrected chi connectivity index (χ3v) is 8.89. The van der Waals surface area contributed by atoms with E-state index in [4.69, 9.17) is 69.6 Å². The van der Waals surface area contributed by atoms with Gasteiger partial charge in [0.15, 0.2) is 11.6 Å². The van der Waals surface area contributed by atoms with Gasteiger partial charge in [0.25, 0.3) is 0 Å². The van der Waals surface area contributed by atoms with Gasteiger partial charge >= 0.3 is 0 Å². The van der Waals surface area contributed by atoms with Crippen molar-refractivity contribution in [3.63, 3.8) is 0 Å². The van der Waals surface area contributed by atoms with Crippen LogP contribution in [-0.2, 0) is 4.79 Å². The number of fused-ring (bicyclic) bond motifs is 2. The third-order valence-electron chi connectivity index (χ3n) is 6.75. The Bertz CT molecular complexity index is 1960. The third kappa shape index (κ3) is 7.70. The maximum Gasteiger partial charge on any atom is 0.239 e. The standard InChI is InChI=1S/C18H7Cl4NO2.C13H14Cl2N6O/c19-13-11-12(14(20)16(22)15(13)21)18(25)10(17(11)24)9-6-5-7-3-1-2-4-8(7)23-9;1-2-16-10(22)7-17-8-3-5-9(6-4-8)18-13-20-11(14)19-12(15)21-13/h1-6,10H;3-6,17H,2,7H2,1H3,(H,16,22)(H,18,19,20,21). The zero-order valence-corrected chi connectivity index (χ0v) is 28.6. The average molecular weight is 752 g/mol. The zero-order valence-electron chi connectivity index (χ0n) is 24.0. The summed E-state index contributed by atoms with van der Waals surface area (Å²) in [5.41, 5.74) is 2.61. The van der Waals surface area contributed by atoms with Crippen LogP contribution in [-0.4, -0.2) is 50.5 Å². The first-order chi connectivity index (χ1) is 22.5. The molecule has 0 spiro atoms. The van der Waals surface area contributed by atoms with Gasteiger partial charge in [-0.2, -0.15) is 15.0 Å². The first-order valence-electron chi connectivity index (χ1n) is 13.7. The van der Waals surface area contributed by atoms with Crippen LogP contribution in [0.3, 0.4) is 0 Å². The van der Waals surface area contributed by atoms with E-state index in [9.17, 15) is 14.4 Å². The number of hydrogen-bond acceptors (Lipinski definition) is 9. The predicted molar refractivity (Wildman–Crippen MR) is 186 cm³/mol. The molecule has 0 unspecified atom stereocenters. The van der Waals surface area contributed by atoms with Gasteiger partial charge in [-0.3, -0.25) is 19.4 Å². The maximum absolute atomic E-state index is 12.9. The Morgan fingerprint density at radius 2 is 1.28 bits per heavy atom. The molecule has 6 rings (SSSR count). The van der Waals surface area contributed by atoms with Gasteiger partial charge in [-0.25, -0.2) is 0 Å². The van der Waals surface area contributed by atoms with E-state index in [-0.39, 0.29) is 60.2 Å². The number of nitrogens with one attached hydrogen (secondary N) is 3. The average Bonchev–Trinajstić information content (AvgIpc) is 3.31. The molecule has 0 fully saturated rings. The summed E-state index contributed by atoms with van der Waals surface area (Å²) in [7, 11) is 0. The van der Waals surface area contributed by atoms with Crippen molar-refractivity contribution in [3.8, 4) is 0 Å². The molecular weight excluding hydrogens is 731 g/mol. The Kier molecular flexibility index (Phi) is 11.0. The van der Waals surface area contributed by atoms with Gasteiger partial charge in [0.1, 0.15) is 5.92 Å². The van der Waals surface area contributed by atoms with Crippen molar-refractivity contribution < 1.29 is 14.4 Å². The number of para-hydroxylation sites is 1. The van der Waals surface area contributed by atoms with E-state index in [0.29, 0.717) is 17.8 Å². The zero-order chi connectivity index (χ0) is 33.8. The number of benzene rings is 3. The van der Waals surface area contributed by atoms with Gasteiger partial charge in [-0.05, 0) is 66.5 Å². The summed E-state index contributed by atoms with van der Waals surface area (Å²) in [5.74, 6) is -1.86. The Balaban J connectivity index is 0.000000186. The largest absolute Gasteiger partial charge is 0.376 e. The molecule has 0 atom stereocenters. The lowest BCUT2D eigenvalue weighted by molar-refractivity contribution is -0.119. The fourth-order valence-corrected chi connectivity index (χ4v) is 6.04. The van der Waals surface area contributed by atoms with Crippen LogP contribution in [0.4, 0.5) is 17.3 Å². The first kappa shape index (κ1) is 34.6. The van der Waals surface area contributed by atoms with Gasteiger partial charge < -0.3 is 16.0 Å². The van der Waals surface area contributed by atoms with Crippen molar-refractivity contribution >= 4 is 115 Å². The number of Topliss-reactive ketones (excluding diaryl/α,β-unsaturated/α-hetero) is 2. The molecule has 16 heteroatoms. The fraction of sp³-hybridized carbons (Fsp3) is 0.129. The minimum Gasteiger partial charge on any atom is -0.376 e. The van der Waals surface area contributed by atoms with Crippen LogP contribution in [0.5, 0.6) is 0 Å². The predicted octanol–water partition coefficient (Wildman–Crippen LogP) is 8.48. The molecule has 0 aliphatic heterocycles. The van der Waals surface area contributed by atoms with E-state index in [2.05, 4.69) is 35.9 Å². The fourth-order valence-electron chi connectivity index (χ4n) is 4.64. The molecule has 0 saturated carbocycles. The van der Waals surface area contributed by atoms with Crippen molar-refractivity contribution in [2.45, 2.75) is 12.8 Å². The number of pyridine rings is 1. The smallest absolute Gasteiger partial charge is 0.239 e. The number of carbonyl (C=O) groups excluding carboxylic acids is 3. The first-order valence-corrected chi connectivity index (χ1v) is 16.0. The van der Waals surface area contributed by atoms with Crippen molar-refractivity contribution in [1.82, 2.24) is 25.3 Å². The minimum absolute atomic E-state index is 0.00558. The van der Waals surface area contributed by atoms with Crippen LogP contribution in [0.1, 0.15) is 39.3 Å². The highest BCUT2D eigenvalue weighted by atomic mass is 35.5. The van der Waals surface area contributed by atoms with E-state index in [1.807, 2.05) is 61.5 Å². The van der Waals surface area contributed by atoms with E-state index in [0.717, 1.165) is 16.8 Å². The quantitative estimate of drug-likeness (QED) is 0.0849. The number of likely N-dealkylation sites (N-methyl/N-ethyl adjacent to an activating group) is 1. The van der Waals surface area contributed by atoms with Crippen molar-refractivity contribution in [2.75, 3.05) is 23.7 Å². The van der Waals surface area contributed by atoms with Crippen LogP contribution in [0.25, 0.3) is 10.9 Å². The van der Waals surface area contributed by atoms with E-state index < -0.39 is 17.5 Å². The molecule has 5 aromatic rings. The second-order valence-corrected chi connectivity index (χ2v) is 12.0. The van der Waals surface area contributed by atoms with E-state index in [1.165, 1.54) is 0 Å². The number of nitrogens with zero attached hydrogens (tertiary/aromatic N) is 4. The molecule has 0 saturated heterocycles. The molecule has 0 radical (unpaired) electrons. The molecule has 10 nitrogen and oxygen atoms in total. The molecule has 3 N–H and O–H groups in total. The van der Waals surface area contributed by atoms with Gasteiger partial charge in [0.2, 0.25) is 22.4 Å². The molecule has 240 valence electrons. The summed E-state index contributed by atoms with van der Waals surface area (Å²) in [4.78, 5) is 53.0. The number of ketones is 2. The van der Waals surface area contributed by atoms with Gasteiger partial charge in [0, 0.05) is 23.3 Å². The molecule has 1 amide bonds. The summed E-state index contributed by atoms with van der Waals surface area (Å²) in [6, 6.07) is 18.2. The van der Waals surface area contributed by atoms with Gasteiger partial charge in [-0.1, -0.05) is 70.7 Å². The molecular formula is C31H21Cl6N7O3. The monoisotopic (exact) mass is 749 g/mol. The van der Waals surface area contributed by atoms with E-state index in [1.54, 1.807) is 6.07 Å². The lowest BCUT2D eigenvalue weighted by Crippen LogP contribution is -2.29. The maximum atomic E-state index is 12.9. The second kappa shape index (κ2) is 15.0. The summed E-state index contributed by atoms with van der Waals surface area (Å²) < 4.78 is 0. The van der Waals surface area contributed by atoms with E-state index >= 15 is 0 Å². The Labute approximate surface area is 298 Å². The normalized spacial score (nSPS) is 12.4. The Morgan fingerprint density at radius 1 is 0.702 bits per heavy atom. The highest BCUT2D eigenvalue weighted by Gasteiger charge is 2.45. The van der Waals surface area contributed by atoms with Gasteiger partial charge in [0.05, 0.1) is 49.0 Å². The SMILES string of the molecule is CCNC(=O)CNc1ccc(Nc2nc(Cl)nc(Cl)n2)cc1.O=C1c2c(Cl)c(Cl)c(Cl)c(Cl)c2C(=O)C1c1ccc2ccccc2n1. The minimum atomic E-state index is -1.11. The van der Waals surface area contributed by atoms with Crippen molar-refractivity contribution in [3.05, 3.63) is 108 Å². The molecule has 47 heavy (non-hydrogen) atoms. The Hall–Kier alpha value is -3.77. The summed E-state index contributed by atoms with van der Waals surface area (Å²) in [6.45, 7) is 2.71. The summed E-state index contributed by atoms with van der Waals surface area (Å²) in [6.07, 6.45) is 0. The van der Waals surface area contributed by atoms with Crippen molar-refractivity contribution in [2.24, 2.45) is 0 Å². The number of halogens is 6. The van der Waals surface area contributed by atoms with Crippen LogP contribution < -0.4 is 16.0 Å². The molecule has 2 aromatic heterocycles. The number of amides is 1. The molecule has 1 aliphatic carbocycles. The number of aromatic nitrogens is 4. The number of rotatable bonds is 7. The lowest BCUT2D eigenvalue weighted by atomic mass is 9.98. The highest BCUT2D eigenvalue weighted by Crippen LogP contribution is 2.47. The molecule has 3 aromatic carbocycles. The highest BCUT2D eigenvalue weighted by molar-refractivity contribution is 6.55. The van der Waals surface area contributed by atoms with Crippen LogP contribution in [0, 0.1) is 0 Å². The number of anilines is 3. The van der Waals surface area contributed by atoms with Crippen LogP contribution >= 0.6 is 69.6 Å². The molecule has 1 aliphatic rings. The van der Waals surface area contributed by atoms with Crippen LogP contribution in [0.2, 0.25) is 30.7 Å². The van der Waals surface area contributed by atoms with Crippen LogP contribution in [0.15, 0.2) is 60.7 Å². The number of carbonyl (C=O) groups is 3. The topological polar surface area (TPSA) is 139 Å². The second-order valence-electron chi connectivity index (χ2n) is 9.80. The number of hydrogen-bond donors (Lipinski definition) is 3. The lowest BCUT2D eigenvalue weighted by Gasteiger charge is -2.08.